The molecule has 2 nitrogen and oxygen atoms in total. The lowest BCUT2D eigenvalue weighted by Gasteiger charge is -2.30. The molecule has 2 heteroatoms. The van der Waals surface area contributed by atoms with Gasteiger partial charge < -0.3 is 0 Å². The van der Waals surface area contributed by atoms with Gasteiger partial charge in [0.1, 0.15) is 0 Å². The van der Waals surface area contributed by atoms with E-state index in [9.17, 15) is 10.5 Å². The molecule has 1 aliphatic carbocycles. The minimum absolute atomic E-state index is 0.283. The molecule has 0 spiro atoms. The van der Waals surface area contributed by atoms with E-state index in [1.165, 1.54) is 33.0 Å². The summed E-state index contributed by atoms with van der Waals surface area (Å²) in [5, 5.41) is 22.0. The molecule has 142 valence electrons. The molecule has 0 amide bonds. The molecule has 0 bridgehead atoms. The van der Waals surface area contributed by atoms with Crippen LogP contribution in [-0.4, -0.2) is 0 Å². The third-order valence-corrected chi connectivity index (χ3v) is 6.22. The molecule has 0 saturated carbocycles. The fraction of sp³-hybridized carbons (Fsp3) is 0.143. The summed E-state index contributed by atoms with van der Waals surface area (Å²) in [7, 11) is 0. The van der Waals surface area contributed by atoms with Gasteiger partial charge in [-0.05, 0) is 57.0 Å². The van der Waals surface area contributed by atoms with Crippen LogP contribution in [0.5, 0.6) is 0 Å². The fourth-order valence-corrected chi connectivity index (χ4v) is 4.86. The summed E-state index contributed by atoms with van der Waals surface area (Å²) in [4.78, 5) is 0. The second-order valence-electron chi connectivity index (χ2n) is 7.86. The Balaban J connectivity index is 1.93. The average molecular weight is 384 g/mol. The van der Waals surface area contributed by atoms with E-state index >= 15 is 0 Å². The van der Waals surface area contributed by atoms with Crippen LogP contribution in [0.4, 0.5) is 0 Å². The van der Waals surface area contributed by atoms with Gasteiger partial charge in [-0.25, -0.2) is 0 Å². The molecule has 4 aromatic carbocycles. The fourth-order valence-electron chi connectivity index (χ4n) is 4.86. The Morgan fingerprint density at radius 1 is 0.533 bits per heavy atom. The van der Waals surface area contributed by atoms with Gasteiger partial charge in [-0.3, -0.25) is 0 Å². The van der Waals surface area contributed by atoms with E-state index in [0.29, 0.717) is 12.8 Å². The molecule has 0 aromatic heterocycles. The summed E-state index contributed by atoms with van der Waals surface area (Å²) in [5.41, 5.74) is 7.18. The van der Waals surface area contributed by atoms with Gasteiger partial charge in [0.2, 0.25) is 0 Å². The van der Waals surface area contributed by atoms with Crippen molar-refractivity contribution in [3.05, 3.63) is 96.1 Å². The van der Waals surface area contributed by atoms with Crippen LogP contribution < -0.4 is 0 Å². The highest BCUT2D eigenvalue weighted by Crippen LogP contribution is 2.46. The van der Waals surface area contributed by atoms with Crippen molar-refractivity contribution in [1.82, 2.24) is 0 Å². The van der Waals surface area contributed by atoms with Gasteiger partial charge in [0.25, 0.3) is 0 Å². The van der Waals surface area contributed by atoms with Crippen molar-refractivity contribution < 1.29 is 0 Å². The van der Waals surface area contributed by atoms with Gasteiger partial charge in [-0.15, -0.1) is 0 Å². The van der Waals surface area contributed by atoms with E-state index < -0.39 is 0 Å². The molecule has 0 radical (unpaired) electrons. The highest BCUT2D eigenvalue weighted by Gasteiger charge is 2.33. The third-order valence-electron chi connectivity index (χ3n) is 6.22. The summed E-state index contributed by atoms with van der Waals surface area (Å²) >= 11 is 0. The van der Waals surface area contributed by atoms with Crippen LogP contribution in [-0.2, 0) is 12.8 Å². The van der Waals surface area contributed by atoms with E-state index in [1.807, 2.05) is 12.1 Å². The zero-order valence-corrected chi connectivity index (χ0v) is 16.5. The molecule has 0 N–H and O–H groups in total. The molecule has 30 heavy (non-hydrogen) atoms. The van der Waals surface area contributed by atoms with E-state index in [1.54, 1.807) is 0 Å². The van der Waals surface area contributed by atoms with Gasteiger partial charge >= 0.3 is 0 Å². The minimum Gasteiger partial charge on any atom is -0.198 e. The Morgan fingerprint density at radius 3 is 1.27 bits per heavy atom. The van der Waals surface area contributed by atoms with Crippen molar-refractivity contribution in [1.29, 1.82) is 10.5 Å². The molecule has 4 aromatic rings. The maximum absolute atomic E-state index is 9.78. The van der Waals surface area contributed by atoms with Gasteiger partial charge in [-0.2, -0.15) is 10.5 Å². The van der Waals surface area contributed by atoms with Crippen molar-refractivity contribution in [2.24, 2.45) is 11.8 Å². The first-order valence-corrected chi connectivity index (χ1v) is 10.3. The van der Waals surface area contributed by atoms with Crippen LogP contribution in [0.25, 0.3) is 33.0 Å². The lowest BCUT2D eigenvalue weighted by molar-refractivity contribution is 0.463. The molecular formula is C28H20N2. The number of rotatable bonds is 2. The van der Waals surface area contributed by atoms with Crippen LogP contribution in [0, 0.1) is 34.5 Å². The van der Waals surface area contributed by atoms with Gasteiger partial charge in [0.05, 0.1) is 24.0 Å². The lowest BCUT2D eigenvalue weighted by atomic mass is 9.71. The standard InChI is InChI=1S/C28H20N2/c29-17-21-15-25-26(16-22(21)18-30)28(20-11-5-2-6-12-20)24-14-8-7-13-23(24)27(25)19-9-3-1-4-10-19/h1-14,21-22H,15-16H2. The van der Waals surface area contributed by atoms with Crippen LogP contribution in [0.1, 0.15) is 11.1 Å². The van der Waals surface area contributed by atoms with Crippen LogP contribution in [0.2, 0.25) is 0 Å². The van der Waals surface area contributed by atoms with Crippen LogP contribution in [0.15, 0.2) is 84.9 Å². The molecule has 2 atom stereocenters. The summed E-state index contributed by atoms with van der Waals surface area (Å²) < 4.78 is 0. The quantitative estimate of drug-likeness (QED) is 0.393. The highest BCUT2D eigenvalue weighted by molar-refractivity contribution is 6.08. The molecule has 0 saturated heterocycles. The zero-order valence-electron chi connectivity index (χ0n) is 16.5. The molecule has 1 aliphatic rings. The highest BCUT2D eigenvalue weighted by atomic mass is 14.4. The average Bonchev–Trinajstić information content (AvgIpc) is 2.82. The normalized spacial score (nSPS) is 17.7. The lowest BCUT2D eigenvalue weighted by Crippen LogP contribution is -2.24. The monoisotopic (exact) mass is 384 g/mol. The Morgan fingerprint density at radius 2 is 0.900 bits per heavy atom. The molecule has 0 fully saturated rings. The SMILES string of the molecule is N#CC1Cc2c(c(-c3ccccc3)c3ccccc3c2-c2ccccc2)CC1C#N. The molecule has 5 rings (SSSR count). The summed E-state index contributed by atoms with van der Waals surface area (Å²) in [5.74, 6) is -0.565. The molecule has 0 heterocycles. The van der Waals surface area contributed by atoms with Gasteiger partial charge in [0.15, 0.2) is 0 Å². The summed E-state index contributed by atoms with van der Waals surface area (Å²) in [6, 6.07) is 34.2. The Labute approximate surface area is 176 Å². The van der Waals surface area contributed by atoms with Crippen molar-refractivity contribution in [3.8, 4) is 34.4 Å². The van der Waals surface area contributed by atoms with Crippen molar-refractivity contribution >= 4 is 10.8 Å². The van der Waals surface area contributed by atoms with E-state index in [-0.39, 0.29) is 11.8 Å². The Bertz CT molecular complexity index is 1200. The number of hydrogen-bond donors (Lipinski definition) is 0. The van der Waals surface area contributed by atoms with E-state index in [4.69, 9.17) is 0 Å². The predicted octanol–water partition coefficient (Wildman–Crippen LogP) is 6.55. The van der Waals surface area contributed by atoms with Gasteiger partial charge in [0, 0.05) is 0 Å². The predicted molar refractivity (Wildman–Crippen MR) is 120 cm³/mol. The van der Waals surface area contributed by atoms with E-state index in [2.05, 4.69) is 84.9 Å². The largest absolute Gasteiger partial charge is 0.198 e. The van der Waals surface area contributed by atoms with Crippen LogP contribution in [0.3, 0.4) is 0 Å². The zero-order chi connectivity index (χ0) is 20.5. The van der Waals surface area contributed by atoms with Crippen molar-refractivity contribution in [2.75, 3.05) is 0 Å². The van der Waals surface area contributed by atoms with Crippen molar-refractivity contribution in [3.63, 3.8) is 0 Å². The first-order chi connectivity index (χ1) is 14.8. The number of fused-ring (bicyclic) bond motifs is 2. The van der Waals surface area contributed by atoms with Crippen LogP contribution >= 0.6 is 0 Å². The second kappa shape index (κ2) is 7.51. The molecular weight excluding hydrogens is 364 g/mol. The van der Waals surface area contributed by atoms with Gasteiger partial charge in [-0.1, -0.05) is 84.9 Å². The number of hydrogen-bond acceptors (Lipinski definition) is 2. The Hall–Kier alpha value is -3.88. The third kappa shape index (κ3) is 2.86. The number of benzene rings is 4. The molecule has 2 unspecified atom stereocenters. The maximum atomic E-state index is 9.78. The maximum Gasteiger partial charge on any atom is 0.0673 e. The molecule has 0 aliphatic heterocycles. The topological polar surface area (TPSA) is 47.6 Å². The Kier molecular flexibility index (Phi) is 4.55. The number of nitriles is 2. The second-order valence-corrected chi connectivity index (χ2v) is 7.86. The number of nitrogens with zero attached hydrogens (tertiary/aromatic N) is 2. The smallest absolute Gasteiger partial charge is 0.0673 e. The minimum atomic E-state index is -0.283. The van der Waals surface area contributed by atoms with Crippen molar-refractivity contribution in [2.45, 2.75) is 12.8 Å². The first-order valence-electron chi connectivity index (χ1n) is 10.3. The van der Waals surface area contributed by atoms with E-state index in [0.717, 1.165) is 11.1 Å². The first kappa shape index (κ1) is 18.2. The summed E-state index contributed by atoms with van der Waals surface area (Å²) in [6.07, 6.45) is 1.22. The summed E-state index contributed by atoms with van der Waals surface area (Å²) in [6.45, 7) is 0.